The predicted octanol–water partition coefficient (Wildman–Crippen LogP) is 4.31. The number of nitrogens with one attached hydrogen (secondary N) is 2. The molecule has 4 aromatic rings. The van der Waals surface area contributed by atoms with Crippen molar-refractivity contribution >= 4 is 47.9 Å². The molecule has 18 heteroatoms. The van der Waals surface area contributed by atoms with Crippen LogP contribution in [0.1, 0.15) is 16.1 Å². The number of fused-ring (bicyclic) bond motifs is 1. The zero-order valence-electron chi connectivity index (χ0n) is 20.9. The first-order valence-electron chi connectivity index (χ1n) is 11.5. The summed E-state index contributed by atoms with van der Waals surface area (Å²) < 4.78 is 88.0. The second-order valence-corrected chi connectivity index (χ2v) is 8.09. The summed E-state index contributed by atoms with van der Waals surface area (Å²) in [5.41, 5.74) is 3.46. The first kappa shape index (κ1) is 33.6. The standard InChI is InChI=1S/C23H22F6N8O2.2ClH/c24-16-9-13(1-2-14(16)22(38)32-5-8-39-7-3-30)34-20-21-33-10-17(37(21)6-4-31-20)15-11-36(12-18(25)26)35-19(15)23(27,28)29;;/h1-2,4,6,9-11,18H,3,5,7-8,12,30H2,(H,31,34)(H,32,38);2*1H. The lowest BCUT2D eigenvalue weighted by Crippen LogP contribution is -2.28. The molecular formula is C23H24Cl2F6N8O2. The van der Waals surface area contributed by atoms with Crippen LogP contribution < -0.4 is 16.4 Å². The Bertz CT molecular complexity index is 1460. The Balaban J connectivity index is 0.00000294. The van der Waals surface area contributed by atoms with E-state index in [2.05, 4.69) is 25.7 Å². The van der Waals surface area contributed by atoms with Crippen LogP contribution in [0.3, 0.4) is 0 Å². The Morgan fingerprint density at radius 3 is 2.56 bits per heavy atom. The zero-order valence-corrected chi connectivity index (χ0v) is 22.5. The van der Waals surface area contributed by atoms with E-state index in [-0.39, 0.29) is 66.4 Å². The van der Waals surface area contributed by atoms with E-state index < -0.39 is 42.1 Å². The Morgan fingerprint density at radius 2 is 1.90 bits per heavy atom. The van der Waals surface area contributed by atoms with Gasteiger partial charge in [0, 0.05) is 37.4 Å². The van der Waals surface area contributed by atoms with Gasteiger partial charge in [0.2, 0.25) is 0 Å². The van der Waals surface area contributed by atoms with Crippen LogP contribution in [-0.4, -0.2) is 62.8 Å². The summed E-state index contributed by atoms with van der Waals surface area (Å²) >= 11 is 0. The van der Waals surface area contributed by atoms with Crippen LogP contribution in [0.2, 0.25) is 0 Å². The van der Waals surface area contributed by atoms with Crippen molar-refractivity contribution in [1.82, 2.24) is 29.5 Å². The topological polar surface area (TPSA) is 124 Å². The quantitative estimate of drug-likeness (QED) is 0.167. The van der Waals surface area contributed by atoms with Crippen molar-refractivity contribution in [3.05, 3.63) is 60.1 Å². The molecule has 224 valence electrons. The SMILES string of the molecule is Cl.Cl.NCCOCCNC(=O)c1ccc(Nc2nccn3c(-c4cn(CC(F)F)nc4C(F)(F)F)cnc23)cc1F. The van der Waals surface area contributed by atoms with Crippen LogP contribution >= 0.6 is 24.8 Å². The fourth-order valence-electron chi connectivity index (χ4n) is 3.69. The van der Waals surface area contributed by atoms with Crippen LogP contribution in [0, 0.1) is 5.82 Å². The molecule has 3 heterocycles. The maximum atomic E-state index is 14.7. The number of amides is 1. The van der Waals surface area contributed by atoms with Gasteiger partial charge in [-0.3, -0.25) is 13.9 Å². The number of benzene rings is 1. The minimum absolute atomic E-state index is 0. The van der Waals surface area contributed by atoms with Crippen molar-refractivity contribution in [3.63, 3.8) is 0 Å². The number of nitrogens with zero attached hydrogens (tertiary/aromatic N) is 5. The van der Waals surface area contributed by atoms with Crippen molar-refractivity contribution in [3.8, 4) is 11.3 Å². The van der Waals surface area contributed by atoms with Crippen LogP contribution in [0.5, 0.6) is 0 Å². The van der Waals surface area contributed by atoms with Crippen LogP contribution in [0.4, 0.5) is 37.8 Å². The van der Waals surface area contributed by atoms with Gasteiger partial charge < -0.3 is 21.1 Å². The number of hydrogen-bond donors (Lipinski definition) is 3. The number of nitrogens with two attached hydrogens (primary N) is 1. The van der Waals surface area contributed by atoms with Crippen LogP contribution in [-0.2, 0) is 17.5 Å². The minimum atomic E-state index is -4.91. The normalized spacial score (nSPS) is 11.3. The predicted molar refractivity (Wildman–Crippen MR) is 142 cm³/mol. The van der Waals surface area contributed by atoms with E-state index in [9.17, 15) is 31.1 Å². The van der Waals surface area contributed by atoms with Crippen molar-refractivity contribution in [2.24, 2.45) is 5.73 Å². The van der Waals surface area contributed by atoms with Crippen LogP contribution in [0.25, 0.3) is 16.9 Å². The maximum Gasteiger partial charge on any atom is 0.435 e. The number of imidazole rings is 1. The highest BCUT2D eigenvalue weighted by molar-refractivity contribution is 5.95. The maximum absolute atomic E-state index is 14.7. The molecule has 1 aromatic carbocycles. The monoisotopic (exact) mass is 628 g/mol. The Labute approximate surface area is 241 Å². The molecule has 4 rings (SSSR count). The molecule has 0 saturated heterocycles. The molecule has 0 aliphatic rings. The number of ether oxygens (including phenoxy) is 1. The van der Waals surface area contributed by atoms with Crippen LogP contribution in [0.15, 0.2) is 43.0 Å². The van der Waals surface area contributed by atoms with E-state index in [4.69, 9.17) is 10.5 Å². The molecule has 0 saturated carbocycles. The number of halogens is 8. The van der Waals surface area contributed by atoms with E-state index >= 15 is 0 Å². The first-order chi connectivity index (χ1) is 18.6. The number of rotatable bonds is 11. The average Bonchev–Trinajstić information content (AvgIpc) is 3.48. The van der Waals surface area contributed by atoms with Gasteiger partial charge in [-0.25, -0.2) is 23.1 Å². The van der Waals surface area contributed by atoms with E-state index in [0.717, 1.165) is 18.5 Å². The van der Waals surface area contributed by atoms with Gasteiger partial charge in [-0.2, -0.15) is 18.3 Å². The Kier molecular flexibility index (Phi) is 11.8. The third-order valence-electron chi connectivity index (χ3n) is 5.33. The Morgan fingerprint density at radius 1 is 1.15 bits per heavy atom. The van der Waals surface area contributed by atoms with Crippen molar-refractivity contribution < 1.29 is 35.9 Å². The van der Waals surface area contributed by atoms with Crippen molar-refractivity contribution in [1.29, 1.82) is 0 Å². The molecule has 3 aromatic heterocycles. The lowest BCUT2D eigenvalue weighted by molar-refractivity contribution is -0.141. The van der Waals surface area contributed by atoms with Gasteiger partial charge >= 0.3 is 6.18 Å². The van der Waals surface area contributed by atoms with Gasteiger partial charge in [0.05, 0.1) is 36.2 Å². The van der Waals surface area contributed by atoms with Gasteiger partial charge in [0.15, 0.2) is 17.2 Å². The van der Waals surface area contributed by atoms with Gasteiger partial charge in [0.25, 0.3) is 12.3 Å². The summed E-state index contributed by atoms with van der Waals surface area (Å²) in [7, 11) is 0. The first-order valence-corrected chi connectivity index (χ1v) is 11.5. The van der Waals surface area contributed by atoms with E-state index in [1.54, 1.807) is 0 Å². The van der Waals surface area contributed by atoms with E-state index in [1.165, 1.54) is 28.9 Å². The average molecular weight is 629 g/mol. The molecule has 4 N–H and O–H groups in total. The zero-order chi connectivity index (χ0) is 28.2. The third-order valence-corrected chi connectivity index (χ3v) is 5.33. The molecule has 1 amide bonds. The minimum Gasteiger partial charge on any atom is -0.378 e. The molecule has 0 spiro atoms. The number of anilines is 2. The number of aromatic nitrogens is 5. The van der Waals surface area contributed by atoms with Crippen molar-refractivity contribution in [2.75, 3.05) is 31.6 Å². The fraction of sp³-hybridized carbons (Fsp3) is 0.304. The number of hydrogen-bond acceptors (Lipinski definition) is 7. The number of alkyl halides is 5. The summed E-state index contributed by atoms with van der Waals surface area (Å²) in [5.74, 6) is -1.43. The van der Waals surface area contributed by atoms with Crippen molar-refractivity contribution in [2.45, 2.75) is 19.1 Å². The van der Waals surface area contributed by atoms with Gasteiger partial charge in [0.1, 0.15) is 12.4 Å². The highest BCUT2D eigenvalue weighted by Gasteiger charge is 2.38. The Hall–Kier alpha value is -3.60. The molecular weight excluding hydrogens is 605 g/mol. The van der Waals surface area contributed by atoms with Gasteiger partial charge in [-0.1, -0.05) is 0 Å². The molecule has 0 unspecified atom stereocenters. The molecule has 0 aliphatic carbocycles. The molecule has 0 atom stereocenters. The third kappa shape index (κ3) is 8.00. The molecule has 0 bridgehead atoms. The highest BCUT2D eigenvalue weighted by Crippen LogP contribution is 2.37. The smallest absolute Gasteiger partial charge is 0.378 e. The molecule has 41 heavy (non-hydrogen) atoms. The molecule has 0 fully saturated rings. The fourth-order valence-corrected chi connectivity index (χ4v) is 3.69. The summed E-state index contributed by atoms with van der Waals surface area (Å²) in [6.07, 6.45) is -3.23. The lowest BCUT2D eigenvalue weighted by atomic mass is 10.1. The highest BCUT2D eigenvalue weighted by atomic mass is 35.5. The number of carbonyl (C=O) groups excluding carboxylic acids is 1. The lowest BCUT2D eigenvalue weighted by Gasteiger charge is -2.10. The molecule has 10 nitrogen and oxygen atoms in total. The summed E-state index contributed by atoms with van der Waals surface area (Å²) in [6, 6.07) is 3.71. The van der Waals surface area contributed by atoms with E-state index in [0.29, 0.717) is 17.8 Å². The van der Waals surface area contributed by atoms with Gasteiger partial charge in [-0.05, 0) is 18.2 Å². The second-order valence-electron chi connectivity index (χ2n) is 8.09. The van der Waals surface area contributed by atoms with E-state index in [1.807, 2.05) is 0 Å². The summed E-state index contributed by atoms with van der Waals surface area (Å²) in [4.78, 5) is 20.5. The largest absolute Gasteiger partial charge is 0.435 e. The molecule has 0 radical (unpaired) electrons. The van der Waals surface area contributed by atoms with Gasteiger partial charge in [-0.15, -0.1) is 24.8 Å². The second kappa shape index (κ2) is 14.3. The summed E-state index contributed by atoms with van der Waals surface area (Å²) in [5, 5.41) is 8.63. The number of carbonyl (C=O) groups is 1. The summed E-state index contributed by atoms with van der Waals surface area (Å²) in [6.45, 7) is 0.0124. The molecule has 0 aliphatic heterocycles.